The molecular weight excluding hydrogens is 410 g/mol. The first-order chi connectivity index (χ1) is 12.6. The van der Waals surface area contributed by atoms with Crippen molar-refractivity contribution < 1.29 is 4.79 Å². The first kappa shape index (κ1) is 17.1. The van der Waals surface area contributed by atoms with Gasteiger partial charge in [-0.15, -0.1) is 11.3 Å². The SMILES string of the molecule is N#CC1=C(N)N(c2cccc(Br)c2)C2=C(C(=O)CCC2)[C@@H]1c1cccs1. The lowest BCUT2D eigenvalue weighted by Gasteiger charge is -2.39. The van der Waals surface area contributed by atoms with Crippen LogP contribution in [0.1, 0.15) is 30.1 Å². The highest BCUT2D eigenvalue weighted by Crippen LogP contribution is 2.47. The number of hydrogen-bond acceptors (Lipinski definition) is 5. The number of thiophene rings is 1. The van der Waals surface area contributed by atoms with Crippen LogP contribution < -0.4 is 10.6 Å². The Bertz CT molecular complexity index is 985. The summed E-state index contributed by atoms with van der Waals surface area (Å²) in [5.41, 5.74) is 9.45. The molecule has 4 nitrogen and oxygen atoms in total. The van der Waals surface area contributed by atoms with Crippen molar-refractivity contribution in [2.75, 3.05) is 4.90 Å². The molecule has 1 atom stereocenters. The topological polar surface area (TPSA) is 70.1 Å². The van der Waals surface area contributed by atoms with Crippen LogP contribution in [0, 0.1) is 11.3 Å². The van der Waals surface area contributed by atoms with Crippen LogP contribution in [0.25, 0.3) is 0 Å². The normalized spacial score (nSPS) is 20.2. The van der Waals surface area contributed by atoms with E-state index in [4.69, 9.17) is 5.73 Å². The Hall–Kier alpha value is -2.36. The van der Waals surface area contributed by atoms with Crippen molar-refractivity contribution in [2.24, 2.45) is 5.73 Å². The fourth-order valence-corrected chi connectivity index (χ4v) is 4.97. The molecule has 0 saturated heterocycles. The minimum absolute atomic E-state index is 0.116. The lowest BCUT2D eigenvalue weighted by Crippen LogP contribution is -2.38. The van der Waals surface area contributed by atoms with Gasteiger partial charge in [0.15, 0.2) is 5.78 Å². The average Bonchev–Trinajstić information content (AvgIpc) is 3.15. The van der Waals surface area contributed by atoms with Crippen molar-refractivity contribution >= 4 is 38.7 Å². The van der Waals surface area contributed by atoms with Gasteiger partial charge in [-0.2, -0.15) is 5.26 Å². The van der Waals surface area contributed by atoms with Crippen molar-refractivity contribution in [1.82, 2.24) is 0 Å². The molecule has 1 aromatic heterocycles. The van der Waals surface area contributed by atoms with Crippen LogP contribution >= 0.6 is 27.3 Å². The minimum Gasteiger partial charge on any atom is -0.384 e. The van der Waals surface area contributed by atoms with Gasteiger partial charge >= 0.3 is 0 Å². The van der Waals surface area contributed by atoms with Crippen LogP contribution in [0.2, 0.25) is 0 Å². The molecule has 0 radical (unpaired) electrons. The molecule has 2 aliphatic rings. The standard InChI is InChI=1S/C20H16BrN3OS/c21-12-4-1-5-13(10-12)24-15-6-2-7-16(25)19(15)18(14(11-22)20(24)23)17-8-3-9-26-17/h1,3-5,8-10,18H,2,6-7,23H2/t18-/m0/s1. The highest BCUT2D eigenvalue weighted by molar-refractivity contribution is 9.10. The zero-order chi connectivity index (χ0) is 18.3. The maximum absolute atomic E-state index is 12.9. The number of halogens is 1. The molecule has 26 heavy (non-hydrogen) atoms. The summed E-state index contributed by atoms with van der Waals surface area (Å²) in [5.74, 6) is 0.175. The monoisotopic (exact) mass is 425 g/mol. The smallest absolute Gasteiger partial charge is 0.161 e. The zero-order valence-corrected chi connectivity index (χ0v) is 16.3. The molecule has 0 unspecified atom stereocenters. The molecule has 4 rings (SSSR count). The number of hydrogen-bond donors (Lipinski definition) is 1. The first-order valence-electron chi connectivity index (χ1n) is 8.37. The molecule has 2 heterocycles. The highest BCUT2D eigenvalue weighted by atomic mass is 79.9. The summed E-state index contributed by atoms with van der Waals surface area (Å²) in [5, 5.41) is 11.8. The Balaban J connectivity index is 1.98. The van der Waals surface area contributed by atoms with E-state index in [1.165, 1.54) is 0 Å². The number of anilines is 1. The van der Waals surface area contributed by atoms with E-state index in [0.29, 0.717) is 17.8 Å². The summed E-state index contributed by atoms with van der Waals surface area (Å²) in [6.07, 6.45) is 2.09. The van der Waals surface area contributed by atoms with Gasteiger partial charge in [0.1, 0.15) is 5.82 Å². The maximum atomic E-state index is 12.9. The number of nitriles is 1. The van der Waals surface area contributed by atoms with Gasteiger partial charge in [0.2, 0.25) is 0 Å². The number of benzene rings is 1. The Kier molecular flexibility index (Phi) is 4.43. The quantitative estimate of drug-likeness (QED) is 0.748. The van der Waals surface area contributed by atoms with Gasteiger partial charge in [0.25, 0.3) is 0 Å². The number of allylic oxidation sites excluding steroid dienone is 3. The predicted molar refractivity (Wildman–Crippen MR) is 106 cm³/mol. The number of carbonyl (C=O) groups is 1. The van der Waals surface area contributed by atoms with E-state index in [1.807, 2.05) is 46.7 Å². The van der Waals surface area contributed by atoms with Gasteiger partial charge in [-0.3, -0.25) is 9.69 Å². The van der Waals surface area contributed by atoms with Gasteiger partial charge in [-0.05, 0) is 42.5 Å². The summed E-state index contributed by atoms with van der Waals surface area (Å²) in [6, 6.07) is 14.0. The van der Waals surface area contributed by atoms with Crippen LogP contribution in [-0.4, -0.2) is 5.78 Å². The lowest BCUT2D eigenvalue weighted by molar-refractivity contribution is -0.116. The third-order valence-corrected chi connectivity index (χ3v) is 6.24. The van der Waals surface area contributed by atoms with Crippen LogP contribution in [-0.2, 0) is 4.79 Å². The van der Waals surface area contributed by atoms with Crippen molar-refractivity contribution in [1.29, 1.82) is 5.26 Å². The number of nitrogens with two attached hydrogens (primary N) is 1. The van der Waals surface area contributed by atoms with Gasteiger partial charge in [0, 0.05) is 32.7 Å². The van der Waals surface area contributed by atoms with Crippen LogP contribution in [0.15, 0.2) is 68.9 Å². The van der Waals surface area contributed by atoms with E-state index in [0.717, 1.165) is 39.1 Å². The largest absolute Gasteiger partial charge is 0.384 e. The average molecular weight is 426 g/mol. The van der Waals surface area contributed by atoms with E-state index < -0.39 is 0 Å². The summed E-state index contributed by atoms with van der Waals surface area (Å²) in [7, 11) is 0. The van der Waals surface area contributed by atoms with Crippen molar-refractivity contribution in [3.8, 4) is 6.07 Å². The molecule has 1 aromatic carbocycles. The molecule has 2 N–H and O–H groups in total. The molecule has 0 spiro atoms. The molecule has 0 bridgehead atoms. The number of carbonyl (C=O) groups excluding carboxylic acids is 1. The van der Waals surface area contributed by atoms with Gasteiger partial charge < -0.3 is 5.73 Å². The molecule has 2 aromatic rings. The Labute approximate surface area is 164 Å². The third kappa shape index (κ3) is 2.68. The lowest BCUT2D eigenvalue weighted by atomic mass is 9.78. The van der Waals surface area contributed by atoms with Crippen molar-refractivity contribution in [3.63, 3.8) is 0 Å². The molecule has 6 heteroatoms. The number of Topliss-reactive ketones (excluding diaryl/α,β-unsaturated/α-hetero) is 1. The van der Waals surface area contributed by atoms with Gasteiger partial charge in [-0.25, -0.2) is 0 Å². The number of ketones is 1. The van der Waals surface area contributed by atoms with Gasteiger partial charge in [0.05, 0.1) is 17.6 Å². The fraction of sp³-hybridized carbons (Fsp3) is 0.200. The Morgan fingerprint density at radius 3 is 2.81 bits per heavy atom. The molecular formula is C20H16BrN3OS. The molecule has 130 valence electrons. The van der Waals surface area contributed by atoms with Crippen LogP contribution in [0.3, 0.4) is 0 Å². The summed E-state index contributed by atoms with van der Waals surface area (Å²) >= 11 is 5.05. The maximum Gasteiger partial charge on any atom is 0.161 e. The second kappa shape index (κ2) is 6.75. The summed E-state index contributed by atoms with van der Waals surface area (Å²) in [6.45, 7) is 0. The summed E-state index contributed by atoms with van der Waals surface area (Å²) in [4.78, 5) is 15.8. The van der Waals surface area contributed by atoms with Crippen LogP contribution in [0.4, 0.5) is 5.69 Å². The van der Waals surface area contributed by atoms with Crippen LogP contribution in [0.5, 0.6) is 0 Å². The van der Waals surface area contributed by atoms with E-state index in [-0.39, 0.29) is 11.7 Å². The first-order valence-corrected chi connectivity index (χ1v) is 10.0. The second-order valence-electron chi connectivity index (χ2n) is 6.31. The Morgan fingerprint density at radius 1 is 1.27 bits per heavy atom. The Morgan fingerprint density at radius 2 is 2.12 bits per heavy atom. The molecule has 0 saturated carbocycles. The van der Waals surface area contributed by atoms with E-state index in [9.17, 15) is 10.1 Å². The van der Waals surface area contributed by atoms with Crippen molar-refractivity contribution in [2.45, 2.75) is 25.2 Å². The van der Waals surface area contributed by atoms with E-state index in [2.05, 4.69) is 22.0 Å². The zero-order valence-electron chi connectivity index (χ0n) is 13.9. The second-order valence-corrected chi connectivity index (χ2v) is 8.21. The molecule has 0 amide bonds. The molecule has 1 aliphatic heterocycles. The number of nitrogens with zero attached hydrogens (tertiary/aromatic N) is 2. The van der Waals surface area contributed by atoms with E-state index >= 15 is 0 Å². The minimum atomic E-state index is -0.355. The van der Waals surface area contributed by atoms with E-state index in [1.54, 1.807) is 11.3 Å². The highest BCUT2D eigenvalue weighted by Gasteiger charge is 2.40. The number of rotatable bonds is 2. The summed E-state index contributed by atoms with van der Waals surface area (Å²) < 4.78 is 0.922. The molecule has 0 fully saturated rings. The third-order valence-electron chi connectivity index (χ3n) is 4.81. The predicted octanol–water partition coefficient (Wildman–Crippen LogP) is 4.82. The van der Waals surface area contributed by atoms with Gasteiger partial charge in [-0.1, -0.05) is 28.1 Å². The van der Waals surface area contributed by atoms with Crippen molar-refractivity contribution in [3.05, 3.63) is 73.8 Å². The fourth-order valence-electron chi connectivity index (χ4n) is 3.74. The molecule has 1 aliphatic carbocycles.